The Morgan fingerprint density at radius 1 is 0.600 bits per heavy atom. The zero-order valence-corrected chi connectivity index (χ0v) is 22.5. The van der Waals surface area contributed by atoms with E-state index in [2.05, 4.69) is 67.7 Å². The molecular formula is C25H40O3Si2. The molecule has 0 aromatic heterocycles. The zero-order valence-electron chi connectivity index (χ0n) is 20.5. The molecule has 0 spiro atoms. The second kappa shape index (κ2) is 8.52. The Kier molecular flexibility index (Phi) is 7.01. The van der Waals surface area contributed by atoms with Crippen molar-refractivity contribution in [2.24, 2.45) is 0 Å². The van der Waals surface area contributed by atoms with E-state index < -0.39 is 22.7 Å². The van der Waals surface area contributed by atoms with Crippen LogP contribution >= 0.6 is 0 Å². The molecule has 0 radical (unpaired) electrons. The second-order valence-corrected chi connectivity index (χ2v) is 20.7. The first-order valence-electron chi connectivity index (χ1n) is 10.8. The van der Waals surface area contributed by atoms with Gasteiger partial charge in [0.15, 0.2) is 0 Å². The van der Waals surface area contributed by atoms with Crippen LogP contribution in [0.25, 0.3) is 0 Å². The lowest BCUT2D eigenvalue weighted by Gasteiger charge is -2.36. The van der Waals surface area contributed by atoms with Crippen molar-refractivity contribution in [3.8, 4) is 11.5 Å². The molecule has 0 amide bonds. The molecule has 0 heterocycles. The summed E-state index contributed by atoms with van der Waals surface area (Å²) < 4.78 is 12.7. The minimum absolute atomic E-state index is 0.152. The first kappa shape index (κ1) is 24.7. The zero-order chi connectivity index (χ0) is 23.0. The van der Waals surface area contributed by atoms with Gasteiger partial charge in [0.05, 0.1) is 0 Å². The van der Waals surface area contributed by atoms with Gasteiger partial charge in [0, 0.05) is 0 Å². The van der Waals surface area contributed by atoms with Crippen LogP contribution in [0.2, 0.25) is 36.3 Å². The van der Waals surface area contributed by atoms with Gasteiger partial charge in [-0.15, -0.1) is 0 Å². The lowest BCUT2D eigenvalue weighted by Crippen LogP contribution is -2.43. The summed E-state index contributed by atoms with van der Waals surface area (Å²) in [5.41, 5.74) is 1.71. The summed E-state index contributed by atoms with van der Waals surface area (Å²) in [6.45, 7) is 22.3. The van der Waals surface area contributed by atoms with Gasteiger partial charge >= 0.3 is 0 Å². The Morgan fingerprint density at radius 3 is 1.10 bits per heavy atom. The molecule has 0 saturated heterocycles. The molecule has 0 saturated carbocycles. The average Bonchev–Trinajstić information content (AvgIpc) is 2.60. The van der Waals surface area contributed by atoms with E-state index in [9.17, 15) is 5.11 Å². The highest BCUT2D eigenvalue weighted by Gasteiger charge is 2.39. The van der Waals surface area contributed by atoms with Crippen LogP contribution in [-0.4, -0.2) is 21.7 Å². The number of aliphatic hydroxyl groups excluding tert-OH is 1. The van der Waals surface area contributed by atoms with E-state index >= 15 is 0 Å². The third kappa shape index (κ3) is 5.77. The molecule has 0 aliphatic rings. The number of hydrogen-bond acceptors (Lipinski definition) is 3. The maximum atomic E-state index is 10.8. The van der Waals surface area contributed by atoms with Crippen molar-refractivity contribution in [3.05, 3.63) is 59.7 Å². The van der Waals surface area contributed by atoms with Gasteiger partial charge in [-0.05, 0) is 71.7 Å². The predicted octanol–water partition coefficient (Wildman–Crippen LogP) is 7.54. The van der Waals surface area contributed by atoms with Crippen molar-refractivity contribution in [2.45, 2.75) is 83.9 Å². The molecule has 2 aromatic rings. The Hall–Kier alpha value is -1.57. The largest absolute Gasteiger partial charge is 0.544 e. The smallest absolute Gasteiger partial charge is 0.250 e. The summed E-state index contributed by atoms with van der Waals surface area (Å²) in [5, 5.41) is 11.1. The van der Waals surface area contributed by atoms with Gasteiger partial charge in [0.25, 0.3) is 0 Å². The minimum atomic E-state index is -1.87. The number of rotatable bonds is 6. The highest BCUT2D eigenvalue weighted by atomic mass is 28.4. The van der Waals surface area contributed by atoms with Crippen LogP contribution in [0.3, 0.4) is 0 Å². The fraction of sp³-hybridized carbons (Fsp3) is 0.520. The van der Waals surface area contributed by atoms with Gasteiger partial charge in [0.1, 0.15) is 17.6 Å². The lowest BCUT2D eigenvalue weighted by molar-refractivity contribution is 0.220. The Balaban J connectivity index is 2.11. The summed E-state index contributed by atoms with van der Waals surface area (Å²) in [6.07, 6.45) is -0.672. The van der Waals surface area contributed by atoms with Crippen molar-refractivity contribution < 1.29 is 14.0 Å². The Bertz CT molecular complexity index is 755. The third-order valence-electron chi connectivity index (χ3n) is 6.75. The van der Waals surface area contributed by atoms with Gasteiger partial charge < -0.3 is 14.0 Å². The maximum Gasteiger partial charge on any atom is 0.250 e. The van der Waals surface area contributed by atoms with Crippen LogP contribution in [-0.2, 0) is 0 Å². The van der Waals surface area contributed by atoms with Crippen molar-refractivity contribution >= 4 is 16.6 Å². The molecule has 0 aliphatic heterocycles. The molecule has 30 heavy (non-hydrogen) atoms. The van der Waals surface area contributed by atoms with Gasteiger partial charge in [-0.2, -0.15) is 0 Å². The molecule has 3 nitrogen and oxygen atoms in total. The Labute approximate surface area is 185 Å². The molecule has 0 unspecified atom stereocenters. The molecule has 0 fully saturated rings. The molecule has 0 aliphatic carbocycles. The number of aliphatic hydroxyl groups is 1. The van der Waals surface area contributed by atoms with Gasteiger partial charge in [0.2, 0.25) is 16.6 Å². The highest BCUT2D eigenvalue weighted by molar-refractivity contribution is 6.75. The Morgan fingerprint density at radius 2 is 0.867 bits per heavy atom. The average molecular weight is 445 g/mol. The van der Waals surface area contributed by atoms with E-state index in [1.807, 2.05) is 48.5 Å². The van der Waals surface area contributed by atoms with Crippen LogP contribution < -0.4 is 8.85 Å². The van der Waals surface area contributed by atoms with Crippen LogP contribution in [0.1, 0.15) is 58.8 Å². The topological polar surface area (TPSA) is 38.7 Å². The van der Waals surface area contributed by atoms with Crippen LogP contribution in [0, 0.1) is 0 Å². The molecule has 5 heteroatoms. The SMILES string of the molecule is CC(C)(C)[Si](C)(C)Oc1ccc(C(O)c2ccc(O[Si](C)(C)C(C)(C)C)cc2)cc1. The maximum absolute atomic E-state index is 10.8. The number of benzene rings is 2. The first-order valence-corrected chi connectivity index (χ1v) is 16.6. The molecule has 2 aromatic carbocycles. The van der Waals surface area contributed by atoms with Gasteiger partial charge in [-0.25, -0.2) is 0 Å². The first-order chi connectivity index (χ1) is 13.5. The summed E-state index contributed by atoms with van der Waals surface area (Å²) in [7, 11) is -3.73. The van der Waals surface area contributed by atoms with E-state index in [1.54, 1.807) is 0 Å². The highest BCUT2D eigenvalue weighted by Crippen LogP contribution is 2.39. The number of hydrogen-bond donors (Lipinski definition) is 1. The van der Waals surface area contributed by atoms with E-state index in [4.69, 9.17) is 8.85 Å². The third-order valence-corrected chi connectivity index (χ3v) is 15.5. The quantitative estimate of drug-likeness (QED) is 0.468. The van der Waals surface area contributed by atoms with Gasteiger partial charge in [-0.1, -0.05) is 65.8 Å². The monoisotopic (exact) mass is 444 g/mol. The van der Waals surface area contributed by atoms with E-state index in [-0.39, 0.29) is 10.1 Å². The van der Waals surface area contributed by atoms with Crippen LogP contribution in [0.4, 0.5) is 0 Å². The molecule has 0 atom stereocenters. The molecule has 1 N–H and O–H groups in total. The molecule has 166 valence electrons. The van der Waals surface area contributed by atoms with Crippen molar-refractivity contribution in [1.82, 2.24) is 0 Å². The fourth-order valence-corrected chi connectivity index (χ4v) is 4.59. The second-order valence-electron chi connectivity index (χ2n) is 11.3. The minimum Gasteiger partial charge on any atom is -0.544 e. The molecule has 0 bridgehead atoms. The molecular weight excluding hydrogens is 404 g/mol. The van der Waals surface area contributed by atoms with Gasteiger partial charge in [-0.3, -0.25) is 0 Å². The predicted molar refractivity (Wildman–Crippen MR) is 133 cm³/mol. The standard InChI is InChI=1S/C25H40O3Si2/c1-24(2,3)29(7,8)27-21-15-11-19(12-16-21)23(26)20-13-17-22(18-14-20)28-30(9,10)25(4,5)6/h11-18,23,26H,1-10H3. The lowest BCUT2D eigenvalue weighted by atomic mass is 10.0. The summed E-state index contributed by atoms with van der Waals surface area (Å²) >= 11 is 0. The van der Waals surface area contributed by atoms with Crippen LogP contribution in [0.5, 0.6) is 11.5 Å². The van der Waals surface area contributed by atoms with Crippen molar-refractivity contribution in [3.63, 3.8) is 0 Å². The summed E-state index contributed by atoms with van der Waals surface area (Å²) in [4.78, 5) is 0. The van der Waals surface area contributed by atoms with Crippen molar-refractivity contribution in [2.75, 3.05) is 0 Å². The fourth-order valence-electron chi connectivity index (χ4n) is 2.52. The molecule has 2 rings (SSSR count). The van der Waals surface area contributed by atoms with Crippen LogP contribution in [0.15, 0.2) is 48.5 Å². The van der Waals surface area contributed by atoms with E-state index in [0.717, 1.165) is 22.6 Å². The van der Waals surface area contributed by atoms with E-state index in [1.165, 1.54) is 0 Å². The normalized spacial score (nSPS) is 13.5. The van der Waals surface area contributed by atoms with E-state index in [0.29, 0.717) is 0 Å². The summed E-state index contributed by atoms with van der Waals surface area (Å²) in [6, 6.07) is 15.7. The van der Waals surface area contributed by atoms with Crippen molar-refractivity contribution in [1.29, 1.82) is 0 Å². The summed E-state index contributed by atoms with van der Waals surface area (Å²) in [5.74, 6) is 1.74.